The number of nitrogens with one attached hydrogen (secondary N) is 2. The lowest BCUT2D eigenvalue weighted by molar-refractivity contribution is -0.117. The summed E-state index contributed by atoms with van der Waals surface area (Å²) in [6.07, 6.45) is 10.4. The fraction of sp³-hybridized carbons (Fsp3) is 0.360. The van der Waals surface area contributed by atoms with Crippen molar-refractivity contribution >= 4 is 17.9 Å². The van der Waals surface area contributed by atoms with Crippen LogP contribution in [0, 0.1) is 5.92 Å². The molecule has 0 radical (unpaired) electrons. The van der Waals surface area contributed by atoms with Gasteiger partial charge in [-0.2, -0.15) is 0 Å². The average molecular weight is 423 g/mol. The first-order valence-corrected chi connectivity index (χ1v) is 10.8. The number of carbonyl (C=O) groups excluding carboxylic acids is 2. The van der Waals surface area contributed by atoms with Gasteiger partial charge in [0.2, 0.25) is 5.91 Å². The predicted octanol–water partition coefficient (Wildman–Crippen LogP) is 4.35. The smallest absolute Gasteiger partial charge is 0.274 e. The van der Waals surface area contributed by atoms with Crippen LogP contribution in [0.3, 0.4) is 0 Å². The number of hydrogen-bond donors (Lipinski definition) is 3. The summed E-state index contributed by atoms with van der Waals surface area (Å²) in [4.78, 5) is 24.0. The first kappa shape index (κ1) is 22.6. The van der Waals surface area contributed by atoms with Crippen molar-refractivity contribution in [1.82, 2.24) is 10.8 Å². The summed E-state index contributed by atoms with van der Waals surface area (Å²) < 4.78 is 5.91. The van der Waals surface area contributed by atoms with Gasteiger partial charge in [-0.25, -0.2) is 5.48 Å². The number of hydroxylamine groups is 1. The Kier molecular flexibility index (Phi) is 8.67. The average Bonchev–Trinajstić information content (AvgIpc) is 2.82. The Bertz CT molecular complexity index is 859. The number of carbonyl (C=O) groups is 2. The van der Waals surface area contributed by atoms with Crippen molar-refractivity contribution in [2.24, 2.45) is 5.92 Å². The quantitative estimate of drug-likeness (QED) is 0.318. The van der Waals surface area contributed by atoms with E-state index in [4.69, 9.17) is 9.94 Å². The van der Waals surface area contributed by atoms with Crippen molar-refractivity contribution in [3.63, 3.8) is 0 Å². The molecule has 1 saturated carbocycles. The molecule has 2 amide bonds. The molecule has 3 rings (SSSR count). The minimum atomic E-state index is -0.570. The van der Waals surface area contributed by atoms with Gasteiger partial charge in [0.25, 0.3) is 5.91 Å². The van der Waals surface area contributed by atoms with E-state index in [2.05, 4.69) is 5.32 Å². The summed E-state index contributed by atoms with van der Waals surface area (Å²) in [6.45, 7) is 0.354. The molecule has 2 aromatic carbocycles. The van der Waals surface area contributed by atoms with Crippen molar-refractivity contribution < 1.29 is 19.5 Å². The van der Waals surface area contributed by atoms with E-state index >= 15 is 0 Å². The van der Waals surface area contributed by atoms with E-state index in [0.29, 0.717) is 23.8 Å². The van der Waals surface area contributed by atoms with Gasteiger partial charge in [0.15, 0.2) is 0 Å². The van der Waals surface area contributed by atoms with Gasteiger partial charge in [0.05, 0.1) is 6.04 Å². The Morgan fingerprint density at radius 3 is 2.42 bits per heavy atom. The summed E-state index contributed by atoms with van der Waals surface area (Å²) in [6, 6.07) is 16.1. The van der Waals surface area contributed by atoms with Gasteiger partial charge < -0.3 is 10.1 Å². The highest BCUT2D eigenvalue weighted by Crippen LogP contribution is 2.27. The van der Waals surface area contributed by atoms with Gasteiger partial charge in [-0.05, 0) is 48.2 Å². The lowest BCUT2D eigenvalue weighted by Gasteiger charge is -2.27. The zero-order chi connectivity index (χ0) is 21.9. The second kappa shape index (κ2) is 11.9. The minimum absolute atomic E-state index is 0.101. The Balaban J connectivity index is 1.59. The number of amides is 2. The highest BCUT2D eigenvalue weighted by atomic mass is 16.5. The van der Waals surface area contributed by atoms with Gasteiger partial charge in [-0.15, -0.1) is 0 Å². The summed E-state index contributed by atoms with van der Waals surface area (Å²) in [7, 11) is 0. The molecule has 2 aromatic rings. The lowest BCUT2D eigenvalue weighted by Crippen LogP contribution is -2.40. The van der Waals surface area contributed by atoms with Crippen molar-refractivity contribution in [3.05, 3.63) is 71.8 Å². The number of benzene rings is 2. The molecule has 0 heterocycles. The molecular formula is C25H30N2O4. The molecule has 0 saturated heterocycles. The van der Waals surface area contributed by atoms with Gasteiger partial charge >= 0.3 is 0 Å². The van der Waals surface area contributed by atoms with E-state index < -0.39 is 5.91 Å². The Hall–Kier alpha value is -3.12. The molecule has 0 spiro atoms. The molecule has 0 bridgehead atoms. The topological polar surface area (TPSA) is 87.7 Å². The fourth-order valence-electron chi connectivity index (χ4n) is 3.94. The van der Waals surface area contributed by atoms with Crippen LogP contribution >= 0.6 is 0 Å². The molecule has 164 valence electrons. The SMILES string of the molecule is O=C(C=Cc1ccccc1)N[C@@H](COc1ccc(C(=O)NO)cc1)CC1CCCCC1. The predicted molar refractivity (Wildman–Crippen MR) is 120 cm³/mol. The number of ether oxygens (including phenoxy) is 1. The molecule has 6 heteroatoms. The Morgan fingerprint density at radius 1 is 1.03 bits per heavy atom. The van der Waals surface area contributed by atoms with Gasteiger partial charge in [0, 0.05) is 11.6 Å². The van der Waals surface area contributed by atoms with Crippen LogP contribution < -0.4 is 15.5 Å². The maximum Gasteiger partial charge on any atom is 0.274 e. The molecule has 3 N–H and O–H groups in total. The normalized spacial score (nSPS) is 15.4. The van der Waals surface area contributed by atoms with Crippen molar-refractivity contribution in [1.29, 1.82) is 0 Å². The van der Waals surface area contributed by atoms with Crippen LogP contribution in [0.1, 0.15) is 54.4 Å². The van der Waals surface area contributed by atoms with Crippen LogP contribution in [0.25, 0.3) is 6.08 Å². The monoisotopic (exact) mass is 422 g/mol. The van der Waals surface area contributed by atoms with Crippen LogP contribution in [0.2, 0.25) is 0 Å². The van der Waals surface area contributed by atoms with E-state index in [1.54, 1.807) is 41.9 Å². The number of hydrogen-bond acceptors (Lipinski definition) is 4. The standard InChI is InChI=1S/C25H30N2O4/c28-24(16-11-19-7-3-1-4-8-19)26-22(17-20-9-5-2-6-10-20)18-31-23-14-12-21(13-15-23)25(29)27-30/h1,3-4,7-8,11-16,20,22,30H,2,5-6,9-10,17-18H2,(H,26,28)(H,27,29)/t22-/m1/s1. The van der Waals surface area contributed by atoms with Crippen LogP contribution in [-0.4, -0.2) is 29.7 Å². The van der Waals surface area contributed by atoms with Crippen molar-refractivity contribution in [2.75, 3.05) is 6.61 Å². The molecule has 6 nitrogen and oxygen atoms in total. The zero-order valence-corrected chi connectivity index (χ0v) is 17.6. The lowest BCUT2D eigenvalue weighted by atomic mass is 9.85. The Morgan fingerprint density at radius 2 is 1.74 bits per heavy atom. The number of rotatable bonds is 9. The van der Waals surface area contributed by atoms with E-state index in [1.165, 1.54) is 32.1 Å². The van der Waals surface area contributed by atoms with E-state index in [-0.39, 0.29) is 11.9 Å². The third-order valence-electron chi connectivity index (χ3n) is 5.58. The van der Waals surface area contributed by atoms with Gasteiger partial charge in [-0.3, -0.25) is 14.8 Å². The minimum Gasteiger partial charge on any atom is -0.491 e. The van der Waals surface area contributed by atoms with E-state index in [0.717, 1.165) is 12.0 Å². The van der Waals surface area contributed by atoms with Crippen LogP contribution in [0.15, 0.2) is 60.7 Å². The molecule has 0 aromatic heterocycles. The molecule has 31 heavy (non-hydrogen) atoms. The van der Waals surface area contributed by atoms with E-state index in [1.807, 2.05) is 30.3 Å². The summed E-state index contributed by atoms with van der Waals surface area (Å²) in [5, 5.41) is 11.8. The second-order valence-electron chi connectivity index (χ2n) is 7.97. The van der Waals surface area contributed by atoms with Crippen LogP contribution in [-0.2, 0) is 4.79 Å². The first-order valence-electron chi connectivity index (χ1n) is 10.8. The molecule has 0 unspecified atom stereocenters. The molecule has 1 aliphatic rings. The molecule has 1 aliphatic carbocycles. The maximum absolute atomic E-state index is 12.5. The molecule has 0 aliphatic heterocycles. The van der Waals surface area contributed by atoms with Crippen LogP contribution in [0.4, 0.5) is 0 Å². The summed E-state index contributed by atoms with van der Waals surface area (Å²) >= 11 is 0. The largest absolute Gasteiger partial charge is 0.491 e. The van der Waals surface area contributed by atoms with Crippen molar-refractivity contribution in [3.8, 4) is 5.75 Å². The molecule has 1 atom stereocenters. The maximum atomic E-state index is 12.5. The highest BCUT2D eigenvalue weighted by Gasteiger charge is 2.20. The summed E-state index contributed by atoms with van der Waals surface area (Å²) in [5.74, 6) is 0.496. The van der Waals surface area contributed by atoms with Gasteiger partial charge in [-0.1, -0.05) is 62.4 Å². The highest BCUT2D eigenvalue weighted by molar-refractivity contribution is 5.93. The van der Waals surface area contributed by atoms with E-state index in [9.17, 15) is 9.59 Å². The van der Waals surface area contributed by atoms with Crippen LogP contribution in [0.5, 0.6) is 5.75 Å². The third-order valence-corrected chi connectivity index (χ3v) is 5.58. The summed E-state index contributed by atoms with van der Waals surface area (Å²) in [5.41, 5.74) is 2.93. The Labute approximate surface area is 183 Å². The van der Waals surface area contributed by atoms with Crippen molar-refractivity contribution in [2.45, 2.75) is 44.6 Å². The second-order valence-corrected chi connectivity index (χ2v) is 7.97. The first-order chi connectivity index (χ1) is 15.1. The zero-order valence-electron chi connectivity index (χ0n) is 17.6. The molecule has 1 fully saturated rings. The third kappa shape index (κ3) is 7.57. The van der Waals surface area contributed by atoms with Gasteiger partial charge in [0.1, 0.15) is 12.4 Å². The fourth-order valence-corrected chi connectivity index (χ4v) is 3.94. The molecular weight excluding hydrogens is 392 g/mol.